The van der Waals surface area contributed by atoms with Crippen molar-refractivity contribution in [2.75, 3.05) is 11.9 Å². The van der Waals surface area contributed by atoms with Gasteiger partial charge in [0.15, 0.2) is 0 Å². The van der Waals surface area contributed by atoms with Crippen LogP contribution in [0.2, 0.25) is 0 Å². The predicted octanol–water partition coefficient (Wildman–Crippen LogP) is 3.79. The fraction of sp³-hybridized carbons (Fsp3) is 0.125. The number of aryl methyl sites for hydroxylation is 1. The van der Waals surface area contributed by atoms with E-state index in [1.165, 1.54) is 6.21 Å². The Hall–Kier alpha value is -1.86. The molecule has 2 rings (SSSR count). The molecule has 0 radical (unpaired) electrons. The van der Waals surface area contributed by atoms with Gasteiger partial charge in [0.05, 0.1) is 21.7 Å². The summed E-state index contributed by atoms with van der Waals surface area (Å²) in [6.07, 6.45) is 1.50. The maximum atomic E-state index is 11.7. The number of nitrogens with one attached hydrogen (secondary N) is 2. The van der Waals surface area contributed by atoms with Gasteiger partial charge in [-0.25, -0.2) is 5.43 Å². The SMILES string of the molecule is Cc1cccc(NCC(=O)NN=Cc2cc(Br)c(O)c(Br)c2)c1. The molecule has 0 atom stereocenters. The van der Waals surface area contributed by atoms with Crippen LogP contribution in [0.5, 0.6) is 5.75 Å². The molecule has 5 nitrogen and oxygen atoms in total. The van der Waals surface area contributed by atoms with Gasteiger partial charge in [0.25, 0.3) is 5.91 Å². The minimum Gasteiger partial charge on any atom is -0.506 e. The van der Waals surface area contributed by atoms with Crippen molar-refractivity contribution in [3.63, 3.8) is 0 Å². The van der Waals surface area contributed by atoms with Gasteiger partial charge >= 0.3 is 0 Å². The summed E-state index contributed by atoms with van der Waals surface area (Å²) in [5, 5.41) is 16.5. The Bertz CT molecular complexity index is 725. The highest BCUT2D eigenvalue weighted by molar-refractivity contribution is 9.11. The van der Waals surface area contributed by atoms with E-state index in [9.17, 15) is 9.90 Å². The van der Waals surface area contributed by atoms with Crippen molar-refractivity contribution in [1.29, 1.82) is 0 Å². The zero-order chi connectivity index (χ0) is 16.8. The number of aromatic hydroxyl groups is 1. The first-order valence-corrected chi connectivity index (χ1v) is 8.35. The average Bonchev–Trinajstić information content (AvgIpc) is 2.50. The molecule has 0 aliphatic heterocycles. The van der Waals surface area contributed by atoms with Crippen LogP contribution in [0.4, 0.5) is 5.69 Å². The Morgan fingerprint density at radius 3 is 2.61 bits per heavy atom. The Balaban J connectivity index is 1.86. The number of phenols is 1. The van der Waals surface area contributed by atoms with Gasteiger partial charge in [0, 0.05) is 5.69 Å². The second kappa shape index (κ2) is 8.12. The largest absolute Gasteiger partial charge is 0.506 e. The monoisotopic (exact) mass is 439 g/mol. The molecule has 3 N–H and O–H groups in total. The number of carbonyl (C=O) groups excluding carboxylic acids is 1. The van der Waals surface area contributed by atoms with E-state index >= 15 is 0 Å². The number of anilines is 1. The number of hydrazone groups is 1. The number of rotatable bonds is 5. The minimum atomic E-state index is -0.250. The van der Waals surface area contributed by atoms with E-state index in [0.29, 0.717) is 8.95 Å². The quantitative estimate of drug-likeness (QED) is 0.489. The van der Waals surface area contributed by atoms with E-state index in [4.69, 9.17) is 0 Å². The minimum absolute atomic E-state index is 0.119. The molecule has 0 unspecified atom stereocenters. The highest BCUT2D eigenvalue weighted by Gasteiger charge is 2.05. The number of hydrogen-bond acceptors (Lipinski definition) is 4. The van der Waals surface area contributed by atoms with Gasteiger partial charge in [0.1, 0.15) is 5.75 Å². The smallest absolute Gasteiger partial charge is 0.259 e. The Labute approximate surface area is 151 Å². The third-order valence-corrected chi connectivity index (χ3v) is 4.12. The fourth-order valence-electron chi connectivity index (χ4n) is 1.82. The first-order valence-electron chi connectivity index (χ1n) is 6.76. The van der Waals surface area contributed by atoms with Gasteiger partial charge in [0.2, 0.25) is 0 Å². The second-order valence-electron chi connectivity index (χ2n) is 4.85. The van der Waals surface area contributed by atoms with Gasteiger partial charge < -0.3 is 10.4 Å². The molecule has 23 heavy (non-hydrogen) atoms. The predicted molar refractivity (Wildman–Crippen MR) is 98.9 cm³/mol. The second-order valence-corrected chi connectivity index (χ2v) is 6.56. The van der Waals surface area contributed by atoms with Crippen molar-refractivity contribution in [2.24, 2.45) is 5.10 Å². The first kappa shape index (κ1) is 17.5. The van der Waals surface area contributed by atoms with Crippen LogP contribution in [-0.2, 0) is 4.79 Å². The van der Waals surface area contributed by atoms with Crippen LogP contribution in [0, 0.1) is 6.92 Å². The standard InChI is InChI=1S/C16H15Br2N3O2/c1-10-3-2-4-12(5-10)19-9-15(22)21-20-8-11-6-13(17)16(23)14(18)7-11/h2-8,19,23H,9H2,1H3,(H,21,22). The van der Waals surface area contributed by atoms with Gasteiger partial charge in [-0.15, -0.1) is 0 Å². The summed E-state index contributed by atoms with van der Waals surface area (Å²) in [6, 6.07) is 11.2. The number of phenolic OH excluding ortho intramolecular Hbond substituents is 1. The molecule has 0 heterocycles. The number of amides is 1. The van der Waals surface area contributed by atoms with Crippen LogP contribution < -0.4 is 10.7 Å². The van der Waals surface area contributed by atoms with Gasteiger partial charge in [-0.3, -0.25) is 4.79 Å². The van der Waals surface area contributed by atoms with Crippen LogP contribution in [0.25, 0.3) is 0 Å². The van der Waals surface area contributed by atoms with E-state index < -0.39 is 0 Å². The summed E-state index contributed by atoms with van der Waals surface area (Å²) >= 11 is 6.47. The highest BCUT2D eigenvalue weighted by atomic mass is 79.9. The molecule has 2 aromatic rings. The Morgan fingerprint density at radius 1 is 1.26 bits per heavy atom. The number of carbonyl (C=O) groups is 1. The summed E-state index contributed by atoms with van der Waals surface area (Å²) in [7, 11) is 0. The number of nitrogens with zero attached hydrogens (tertiary/aromatic N) is 1. The maximum absolute atomic E-state index is 11.7. The van der Waals surface area contributed by atoms with E-state index in [1.54, 1.807) is 12.1 Å². The summed E-state index contributed by atoms with van der Waals surface area (Å²) in [6.45, 7) is 2.12. The number of halogens is 2. The van der Waals surface area contributed by atoms with Crippen LogP contribution in [0.3, 0.4) is 0 Å². The van der Waals surface area contributed by atoms with Crippen molar-refractivity contribution < 1.29 is 9.90 Å². The lowest BCUT2D eigenvalue weighted by atomic mass is 10.2. The lowest BCUT2D eigenvalue weighted by molar-refractivity contribution is -0.119. The molecule has 120 valence electrons. The third kappa shape index (κ3) is 5.37. The first-order chi connectivity index (χ1) is 11.0. The molecule has 0 aliphatic carbocycles. The number of benzene rings is 2. The zero-order valence-corrected chi connectivity index (χ0v) is 15.5. The maximum Gasteiger partial charge on any atom is 0.259 e. The molecule has 0 bridgehead atoms. The van der Waals surface area contributed by atoms with Crippen LogP contribution in [0.15, 0.2) is 50.4 Å². The average molecular weight is 441 g/mol. The van der Waals surface area contributed by atoms with Crippen molar-refractivity contribution in [2.45, 2.75) is 6.92 Å². The fourth-order valence-corrected chi connectivity index (χ4v) is 3.04. The molecule has 1 amide bonds. The van der Waals surface area contributed by atoms with Gasteiger partial charge in [-0.1, -0.05) is 12.1 Å². The van der Waals surface area contributed by atoms with Crippen LogP contribution in [0.1, 0.15) is 11.1 Å². The molecule has 0 spiro atoms. The van der Waals surface area contributed by atoms with E-state index in [2.05, 4.69) is 47.7 Å². The third-order valence-electron chi connectivity index (χ3n) is 2.91. The summed E-state index contributed by atoms with van der Waals surface area (Å²) in [5.41, 5.74) is 5.18. The molecule has 0 fully saturated rings. The molecule has 0 saturated heterocycles. The Morgan fingerprint density at radius 2 is 1.96 bits per heavy atom. The summed E-state index contributed by atoms with van der Waals surface area (Å²) in [4.78, 5) is 11.7. The number of hydrogen-bond donors (Lipinski definition) is 3. The van der Waals surface area contributed by atoms with E-state index in [-0.39, 0.29) is 18.2 Å². The highest BCUT2D eigenvalue weighted by Crippen LogP contribution is 2.32. The summed E-state index contributed by atoms with van der Waals surface area (Å²) in [5.74, 6) is -0.131. The van der Waals surface area contributed by atoms with Crippen molar-refractivity contribution >= 4 is 49.7 Å². The lowest BCUT2D eigenvalue weighted by Gasteiger charge is -2.06. The molecule has 0 aromatic heterocycles. The molecule has 0 saturated carbocycles. The van der Waals surface area contributed by atoms with Crippen LogP contribution in [-0.4, -0.2) is 23.8 Å². The van der Waals surface area contributed by atoms with Gasteiger partial charge in [-0.2, -0.15) is 5.10 Å². The molecule has 7 heteroatoms. The summed E-state index contributed by atoms with van der Waals surface area (Å²) < 4.78 is 1.08. The van der Waals surface area contributed by atoms with Crippen LogP contribution >= 0.6 is 31.9 Å². The normalized spacial score (nSPS) is 10.7. The molecular formula is C16H15Br2N3O2. The van der Waals surface area contributed by atoms with Crippen molar-refractivity contribution in [1.82, 2.24) is 5.43 Å². The lowest BCUT2D eigenvalue weighted by Crippen LogP contribution is -2.25. The van der Waals surface area contributed by atoms with E-state index in [1.807, 2.05) is 31.2 Å². The van der Waals surface area contributed by atoms with Crippen molar-refractivity contribution in [3.8, 4) is 5.75 Å². The molecule has 0 aliphatic rings. The zero-order valence-electron chi connectivity index (χ0n) is 12.3. The Kier molecular flexibility index (Phi) is 6.18. The molecular weight excluding hydrogens is 426 g/mol. The van der Waals surface area contributed by atoms with Gasteiger partial charge in [-0.05, 0) is 74.2 Å². The topological polar surface area (TPSA) is 73.7 Å². The van der Waals surface area contributed by atoms with E-state index in [0.717, 1.165) is 16.8 Å². The van der Waals surface area contributed by atoms with Crippen molar-refractivity contribution in [3.05, 3.63) is 56.5 Å². The molecule has 2 aromatic carbocycles.